The van der Waals surface area contributed by atoms with Crippen LogP contribution in [0.15, 0.2) is 12.3 Å². The van der Waals surface area contributed by atoms with Gasteiger partial charge in [-0.15, -0.1) is 0 Å². The van der Waals surface area contributed by atoms with Crippen LogP contribution in [-0.4, -0.2) is 34.5 Å². The van der Waals surface area contributed by atoms with E-state index in [1.165, 1.54) is 0 Å². The van der Waals surface area contributed by atoms with Crippen molar-refractivity contribution in [2.75, 3.05) is 13.1 Å². The van der Waals surface area contributed by atoms with E-state index in [1.54, 1.807) is 6.07 Å². The van der Waals surface area contributed by atoms with Crippen molar-refractivity contribution in [1.82, 2.24) is 9.47 Å². The molecule has 2 N–H and O–H groups in total. The predicted octanol–water partition coefficient (Wildman–Crippen LogP) is 2.53. The van der Waals surface area contributed by atoms with Crippen molar-refractivity contribution in [3.05, 3.63) is 23.0 Å². The Hall–Kier alpha value is -1.00. The van der Waals surface area contributed by atoms with Crippen molar-refractivity contribution in [1.29, 1.82) is 0 Å². The number of carbonyl (C=O) groups is 1. The number of halogens is 1. The second kappa shape index (κ2) is 5.55. The van der Waals surface area contributed by atoms with Crippen LogP contribution in [0.5, 0.6) is 0 Å². The first kappa shape index (κ1) is 14.4. The van der Waals surface area contributed by atoms with Crippen LogP contribution in [0, 0.1) is 5.92 Å². The Morgan fingerprint density at radius 1 is 1.47 bits per heavy atom. The zero-order chi connectivity index (χ0) is 14.2. The summed E-state index contributed by atoms with van der Waals surface area (Å²) in [6.07, 6.45) is 2.79. The molecule has 2 rings (SSSR count). The van der Waals surface area contributed by atoms with Crippen molar-refractivity contribution >= 4 is 17.5 Å². The standard InChI is InChI=1S/C14H22ClN3O/c1-9(2)18-7-11(15)5-13(18)14(19)17-6-10(3)4-12(16)8-17/h5,7,9-10,12H,4,6,8,16H2,1-3H3. The highest BCUT2D eigenvalue weighted by molar-refractivity contribution is 6.31. The van der Waals surface area contributed by atoms with Gasteiger partial charge in [-0.3, -0.25) is 4.79 Å². The number of rotatable bonds is 2. The van der Waals surface area contributed by atoms with Gasteiger partial charge in [0, 0.05) is 31.4 Å². The molecule has 0 bridgehead atoms. The molecule has 19 heavy (non-hydrogen) atoms. The molecule has 0 spiro atoms. The number of aromatic nitrogens is 1. The Labute approximate surface area is 119 Å². The highest BCUT2D eigenvalue weighted by Crippen LogP contribution is 2.23. The molecule has 106 valence electrons. The van der Waals surface area contributed by atoms with E-state index in [2.05, 4.69) is 6.92 Å². The van der Waals surface area contributed by atoms with Crippen molar-refractivity contribution in [3.63, 3.8) is 0 Å². The summed E-state index contributed by atoms with van der Waals surface area (Å²) in [5.74, 6) is 0.480. The minimum absolute atomic E-state index is 0.0302. The fourth-order valence-electron chi connectivity index (χ4n) is 2.77. The van der Waals surface area contributed by atoms with Gasteiger partial charge < -0.3 is 15.2 Å². The molecule has 2 atom stereocenters. The van der Waals surface area contributed by atoms with Crippen LogP contribution in [0.4, 0.5) is 0 Å². The Morgan fingerprint density at radius 2 is 2.16 bits per heavy atom. The summed E-state index contributed by atoms with van der Waals surface area (Å²) in [5.41, 5.74) is 6.66. The third-order valence-corrected chi connectivity index (χ3v) is 3.78. The lowest BCUT2D eigenvalue weighted by molar-refractivity contribution is 0.0648. The van der Waals surface area contributed by atoms with E-state index in [4.69, 9.17) is 17.3 Å². The van der Waals surface area contributed by atoms with Crippen LogP contribution in [0.25, 0.3) is 0 Å². The molecular weight excluding hydrogens is 262 g/mol. The minimum atomic E-state index is 0.0302. The first-order valence-corrected chi connectivity index (χ1v) is 7.18. The molecule has 1 fully saturated rings. The maximum absolute atomic E-state index is 12.6. The van der Waals surface area contributed by atoms with Gasteiger partial charge in [0.25, 0.3) is 5.91 Å². The summed E-state index contributed by atoms with van der Waals surface area (Å²) in [5, 5.41) is 0.603. The van der Waals surface area contributed by atoms with E-state index in [-0.39, 0.29) is 18.0 Å². The Bertz CT molecular complexity index is 459. The van der Waals surface area contributed by atoms with Crippen molar-refractivity contribution in [2.45, 2.75) is 39.3 Å². The number of nitrogens with two attached hydrogens (primary N) is 1. The van der Waals surface area contributed by atoms with E-state index in [0.29, 0.717) is 23.2 Å². The molecule has 1 aromatic heterocycles. The lowest BCUT2D eigenvalue weighted by atomic mass is 9.96. The maximum atomic E-state index is 12.6. The molecule has 1 aromatic rings. The molecule has 0 radical (unpaired) electrons. The summed E-state index contributed by atoms with van der Waals surface area (Å²) in [6, 6.07) is 2.03. The Balaban J connectivity index is 2.24. The maximum Gasteiger partial charge on any atom is 0.270 e. The zero-order valence-electron chi connectivity index (χ0n) is 11.8. The molecule has 1 aliphatic rings. The largest absolute Gasteiger partial charge is 0.339 e. The Morgan fingerprint density at radius 3 is 2.74 bits per heavy atom. The molecule has 5 heteroatoms. The molecular formula is C14H22ClN3O. The number of piperidine rings is 1. The predicted molar refractivity (Wildman–Crippen MR) is 77.5 cm³/mol. The fraction of sp³-hybridized carbons (Fsp3) is 0.643. The number of hydrogen-bond acceptors (Lipinski definition) is 2. The lowest BCUT2D eigenvalue weighted by Crippen LogP contribution is -2.49. The van der Waals surface area contributed by atoms with E-state index in [0.717, 1.165) is 13.0 Å². The van der Waals surface area contributed by atoms with E-state index in [1.807, 2.05) is 29.5 Å². The normalized spacial score (nSPS) is 24.0. The molecule has 0 aromatic carbocycles. The summed E-state index contributed by atoms with van der Waals surface area (Å²) in [4.78, 5) is 14.5. The molecule has 0 aliphatic carbocycles. The monoisotopic (exact) mass is 283 g/mol. The first-order valence-electron chi connectivity index (χ1n) is 6.80. The average molecular weight is 284 g/mol. The van der Waals surface area contributed by atoms with Crippen molar-refractivity contribution in [3.8, 4) is 0 Å². The molecule has 2 unspecified atom stereocenters. The van der Waals surface area contributed by atoms with Gasteiger partial charge in [0.15, 0.2) is 0 Å². The van der Waals surface area contributed by atoms with Gasteiger partial charge in [0.2, 0.25) is 0 Å². The van der Waals surface area contributed by atoms with Crippen LogP contribution in [0.1, 0.15) is 43.7 Å². The van der Waals surface area contributed by atoms with Gasteiger partial charge in [0.1, 0.15) is 5.69 Å². The van der Waals surface area contributed by atoms with Crippen molar-refractivity contribution < 1.29 is 4.79 Å². The van der Waals surface area contributed by atoms with Crippen LogP contribution < -0.4 is 5.73 Å². The van der Waals surface area contributed by atoms with E-state index < -0.39 is 0 Å². The second-order valence-corrected chi connectivity index (χ2v) is 6.29. The van der Waals surface area contributed by atoms with E-state index >= 15 is 0 Å². The zero-order valence-corrected chi connectivity index (χ0v) is 12.5. The molecule has 0 saturated carbocycles. The number of hydrogen-bond donors (Lipinski definition) is 1. The number of likely N-dealkylation sites (tertiary alicyclic amines) is 1. The van der Waals surface area contributed by atoms with Gasteiger partial charge in [-0.1, -0.05) is 18.5 Å². The highest BCUT2D eigenvalue weighted by Gasteiger charge is 2.28. The molecule has 2 heterocycles. The third-order valence-electron chi connectivity index (χ3n) is 3.57. The van der Waals surface area contributed by atoms with Crippen LogP contribution >= 0.6 is 11.6 Å². The average Bonchev–Trinajstić information content (AvgIpc) is 2.69. The highest BCUT2D eigenvalue weighted by atomic mass is 35.5. The van der Waals surface area contributed by atoms with Gasteiger partial charge in [0.05, 0.1) is 5.02 Å². The second-order valence-electron chi connectivity index (χ2n) is 5.86. The molecule has 4 nitrogen and oxygen atoms in total. The number of amides is 1. The molecule has 1 aliphatic heterocycles. The van der Waals surface area contributed by atoms with Crippen LogP contribution in [0.2, 0.25) is 5.02 Å². The van der Waals surface area contributed by atoms with Gasteiger partial charge in [-0.05, 0) is 32.3 Å². The quantitative estimate of drug-likeness (QED) is 0.907. The van der Waals surface area contributed by atoms with E-state index in [9.17, 15) is 4.79 Å². The Kier molecular flexibility index (Phi) is 4.21. The SMILES string of the molecule is CC1CC(N)CN(C(=O)c2cc(Cl)cn2C(C)C)C1. The van der Waals surface area contributed by atoms with Gasteiger partial charge >= 0.3 is 0 Å². The summed E-state index contributed by atoms with van der Waals surface area (Å²) in [7, 11) is 0. The third kappa shape index (κ3) is 3.12. The summed E-state index contributed by atoms with van der Waals surface area (Å²) >= 11 is 6.03. The fourth-order valence-corrected chi connectivity index (χ4v) is 2.98. The number of nitrogens with zero attached hydrogens (tertiary/aromatic N) is 2. The molecule has 1 saturated heterocycles. The van der Waals surface area contributed by atoms with Crippen LogP contribution in [-0.2, 0) is 0 Å². The van der Waals surface area contributed by atoms with Crippen molar-refractivity contribution in [2.24, 2.45) is 11.7 Å². The minimum Gasteiger partial charge on any atom is -0.339 e. The van der Waals surface area contributed by atoms with Gasteiger partial charge in [-0.2, -0.15) is 0 Å². The topological polar surface area (TPSA) is 51.3 Å². The smallest absolute Gasteiger partial charge is 0.270 e. The van der Waals surface area contributed by atoms with Crippen LogP contribution in [0.3, 0.4) is 0 Å². The first-order chi connectivity index (χ1) is 8.88. The molecule has 1 amide bonds. The lowest BCUT2D eigenvalue weighted by Gasteiger charge is -2.35. The van der Waals surface area contributed by atoms with Gasteiger partial charge in [-0.25, -0.2) is 0 Å². The number of carbonyl (C=O) groups excluding carboxylic acids is 1. The summed E-state index contributed by atoms with van der Waals surface area (Å²) < 4.78 is 1.93. The summed E-state index contributed by atoms with van der Waals surface area (Å²) in [6.45, 7) is 7.61.